The minimum atomic E-state index is -3.81. The highest BCUT2D eigenvalue weighted by molar-refractivity contribution is 7.89. The summed E-state index contributed by atoms with van der Waals surface area (Å²) >= 11 is 1.58. The van der Waals surface area contributed by atoms with Crippen molar-refractivity contribution < 1.29 is 17.9 Å². The zero-order valence-electron chi connectivity index (χ0n) is 18.1. The lowest BCUT2D eigenvalue weighted by Crippen LogP contribution is -2.28. The number of sulfonamides is 1. The van der Waals surface area contributed by atoms with Gasteiger partial charge in [-0.2, -0.15) is 0 Å². The molecule has 1 heterocycles. The summed E-state index contributed by atoms with van der Waals surface area (Å²) in [5, 5.41) is 8.17. The van der Waals surface area contributed by atoms with E-state index in [2.05, 4.69) is 4.98 Å². The molecule has 1 amide bonds. The second-order valence-electron chi connectivity index (χ2n) is 7.29. The zero-order chi connectivity index (χ0) is 23.3. The summed E-state index contributed by atoms with van der Waals surface area (Å²) in [5.74, 6) is 0.467. The minimum absolute atomic E-state index is 0.0165. The fraction of sp³-hybridized carbons (Fsp3) is 0.217. The van der Waals surface area contributed by atoms with Crippen LogP contribution in [0.15, 0.2) is 64.9 Å². The smallest absolute Gasteiger partial charge is 0.246 e. The molecular weight excluding hydrogens is 446 g/mol. The molecule has 1 unspecified atom stereocenters. The molecule has 2 aromatic carbocycles. The molecule has 168 valence electrons. The maximum atomic E-state index is 12.7. The van der Waals surface area contributed by atoms with Crippen LogP contribution in [0.5, 0.6) is 5.75 Å². The second-order valence-corrected chi connectivity index (χ2v) is 9.92. The molecule has 32 heavy (non-hydrogen) atoms. The highest BCUT2D eigenvalue weighted by atomic mass is 32.2. The van der Waals surface area contributed by atoms with E-state index in [1.807, 2.05) is 43.5 Å². The van der Waals surface area contributed by atoms with Gasteiger partial charge >= 0.3 is 0 Å². The molecule has 0 aliphatic heterocycles. The molecule has 0 bridgehead atoms. The molecule has 2 N–H and O–H groups in total. The van der Waals surface area contributed by atoms with Gasteiger partial charge < -0.3 is 9.64 Å². The van der Waals surface area contributed by atoms with Crippen molar-refractivity contribution in [3.05, 3.63) is 81.8 Å². The quantitative estimate of drug-likeness (QED) is 0.502. The zero-order valence-corrected chi connectivity index (χ0v) is 19.7. The highest BCUT2D eigenvalue weighted by Crippen LogP contribution is 2.22. The van der Waals surface area contributed by atoms with E-state index in [0.717, 1.165) is 16.3 Å². The average molecular weight is 472 g/mol. The Morgan fingerprint density at radius 3 is 2.69 bits per heavy atom. The predicted molar refractivity (Wildman–Crippen MR) is 126 cm³/mol. The number of thiazole rings is 1. The van der Waals surface area contributed by atoms with Crippen molar-refractivity contribution in [2.24, 2.45) is 5.14 Å². The standard InChI is InChI=1S/C23H25N3O4S2/c1-16(19-7-5-9-22(13-19)32(24,28)29)26(3)23(27)11-10-18-6-4-8-21(12-18)30-14-20-15-31-17(2)25-20/h4-13,15-16H,14H2,1-3H3,(H2,24,28,29)/b11-10+. The van der Waals surface area contributed by atoms with Crippen LogP contribution < -0.4 is 9.88 Å². The molecule has 0 aliphatic carbocycles. The number of carbonyl (C=O) groups excluding carboxylic acids is 1. The Kier molecular flexibility index (Phi) is 7.44. The van der Waals surface area contributed by atoms with Crippen LogP contribution in [-0.4, -0.2) is 31.3 Å². The van der Waals surface area contributed by atoms with E-state index in [4.69, 9.17) is 9.88 Å². The number of amides is 1. The minimum Gasteiger partial charge on any atom is -0.487 e. The highest BCUT2D eigenvalue weighted by Gasteiger charge is 2.17. The second kappa shape index (κ2) is 10.1. The number of hydrogen-bond acceptors (Lipinski definition) is 6. The van der Waals surface area contributed by atoms with Gasteiger partial charge in [0.25, 0.3) is 0 Å². The van der Waals surface area contributed by atoms with Gasteiger partial charge in [0, 0.05) is 18.5 Å². The van der Waals surface area contributed by atoms with Gasteiger partial charge in [0.2, 0.25) is 15.9 Å². The molecule has 7 nitrogen and oxygen atoms in total. The Morgan fingerprint density at radius 1 is 1.25 bits per heavy atom. The summed E-state index contributed by atoms with van der Waals surface area (Å²) in [4.78, 5) is 18.6. The van der Waals surface area contributed by atoms with Gasteiger partial charge in [0.05, 0.1) is 21.6 Å². The molecule has 0 saturated carbocycles. The Labute approximate surface area is 192 Å². The van der Waals surface area contributed by atoms with Gasteiger partial charge in [0.1, 0.15) is 12.4 Å². The third-order valence-corrected chi connectivity index (χ3v) is 6.66. The molecule has 0 radical (unpaired) electrons. The average Bonchev–Trinajstić information content (AvgIpc) is 3.20. The summed E-state index contributed by atoms with van der Waals surface area (Å²) in [7, 11) is -2.15. The van der Waals surface area contributed by atoms with Crippen molar-refractivity contribution in [3.63, 3.8) is 0 Å². The van der Waals surface area contributed by atoms with Crippen LogP contribution in [0.4, 0.5) is 0 Å². The summed E-state index contributed by atoms with van der Waals surface area (Å²) in [6.45, 7) is 4.15. The first-order valence-electron chi connectivity index (χ1n) is 9.85. The number of hydrogen-bond donors (Lipinski definition) is 1. The largest absolute Gasteiger partial charge is 0.487 e. The summed E-state index contributed by atoms with van der Waals surface area (Å²) in [5.41, 5.74) is 2.38. The van der Waals surface area contributed by atoms with Gasteiger partial charge in [-0.25, -0.2) is 18.5 Å². The Balaban J connectivity index is 1.65. The number of benzene rings is 2. The number of ether oxygens (including phenoxy) is 1. The molecule has 3 rings (SSSR count). The van der Waals surface area contributed by atoms with Crippen molar-refractivity contribution in [3.8, 4) is 5.75 Å². The van der Waals surface area contributed by atoms with E-state index in [0.29, 0.717) is 17.9 Å². The molecule has 1 aromatic heterocycles. The third kappa shape index (κ3) is 6.25. The van der Waals surface area contributed by atoms with Crippen molar-refractivity contribution in [2.45, 2.75) is 31.4 Å². The van der Waals surface area contributed by atoms with E-state index in [1.54, 1.807) is 36.6 Å². The topological polar surface area (TPSA) is 103 Å². The number of carbonyl (C=O) groups is 1. The Hall–Kier alpha value is -3.01. The van der Waals surface area contributed by atoms with E-state index < -0.39 is 10.0 Å². The summed E-state index contributed by atoms with van der Waals surface area (Å²) < 4.78 is 29.0. The first kappa shape index (κ1) is 23.6. The fourth-order valence-corrected chi connectivity index (χ4v) is 4.16. The third-order valence-electron chi connectivity index (χ3n) is 4.93. The van der Waals surface area contributed by atoms with Crippen LogP contribution in [-0.2, 0) is 21.4 Å². The fourth-order valence-electron chi connectivity index (χ4n) is 2.99. The maximum absolute atomic E-state index is 12.7. The first-order valence-corrected chi connectivity index (χ1v) is 12.3. The molecule has 0 fully saturated rings. The summed E-state index contributed by atoms with van der Waals surface area (Å²) in [6, 6.07) is 13.4. The van der Waals surface area contributed by atoms with Crippen molar-refractivity contribution in [2.75, 3.05) is 7.05 Å². The van der Waals surface area contributed by atoms with Gasteiger partial charge in [-0.05, 0) is 55.3 Å². The monoisotopic (exact) mass is 471 g/mol. The van der Waals surface area contributed by atoms with Crippen LogP contribution in [0, 0.1) is 6.92 Å². The van der Waals surface area contributed by atoms with Gasteiger partial charge in [0.15, 0.2) is 0 Å². The lowest BCUT2D eigenvalue weighted by molar-refractivity contribution is -0.126. The van der Waals surface area contributed by atoms with Crippen LogP contribution in [0.25, 0.3) is 6.08 Å². The number of aryl methyl sites for hydroxylation is 1. The van der Waals surface area contributed by atoms with Gasteiger partial charge in [-0.1, -0.05) is 24.3 Å². The Bertz CT molecular complexity index is 1240. The van der Waals surface area contributed by atoms with Gasteiger partial charge in [-0.15, -0.1) is 11.3 Å². The van der Waals surface area contributed by atoms with Gasteiger partial charge in [-0.3, -0.25) is 4.79 Å². The number of likely N-dealkylation sites (N-methyl/N-ethyl adjacent to an activating group) is 1. The van der Waals surface area contributed by atoms with Crippen molar-refractivity contribution >= 4 is 33.3 Å². The lowest BCUT2D eigenvalue weighted by atomic mass is 10.1. The van der Waals surface area contributed by atoms with E-state index in [-0.39, 0.29) is 16.8 Å². The van der Waals surface area contributed by atoms with Crippen molar-refractivity contribution in [1.29, 1.82) is 0 Å². The molecule has 0 saturated heterocycles. The van der Waals surface area contributed by atoms with Crippen molar-refractivity contribution in [1.82, 2.24) is 9.88 Å². The van der Waals surface area contributed by atoms with E-state index in [9.17, 15) is 13.2 Å². The van der Waals surface area contributed by atoms with E-state index >= 15 is 0 Å². The molecule has 0 spiro atoms. The normalized spacial score (nSPS) is 12.6. The molecule has 1 atom stereocenters. The van der Waals surface area contributed by atoms with Crippen LogP contribution in [0.2, 0.25) is 0 Å². The lowest BCUT2D eigenvalue weighted by Gasteiger charge is -2.24. The van der Waals surface area contributed by atoms with Crippen LogP contribution in [0.1, 0.15) is 34.8 Å². The maximum Gasteiger partial charge on any atom is 0.246 e. The van der Waals surface area contributed by atoms with Crippen LogP contribution in [0.3, 0.4) is 0 Å². The molecule has 0 aliphatic rings. The first-order chi connectivity index (χ1) is 15.1. The molecular formula is C23H25N3O4S2. The molecule has 9 heteroatoms. The Morgan fingerprint density at radius 2 is 2.00 bits per heavy atom. The number of nitrogens with zero attached hydrogens (tertiary/aromatic N) is 2. The SMILES string of the molecule is Cc1nc(COc2cccc(/C=C/C(=O)N(C)C(C)c3cccc(S(N)(=O)=O)c3)c2)cs1. The number of primary sulfonamides is 1. The van der Waals surface area contributed by atoms with E-state index in [1.165, 1.54) is 23.1 Å². The number of aromatic nitrogens is 1. The molecule has 3 aromatic rings. The van der Waals surface area contributed by atoms with Crippen LogP contribution >= 0.6 is 11.3 Å². The summed E-state index contributed by atoms with van der Waals surface area (Å²) in [6.07, 6.45) is 3.19. The number of rotatable bonds is 8. The number of nitrogens with two attached hydrogens (primary N) is 1. The predicted octanol–water partition coefficient (Wildman–Crippen LogP) is 3.91.